The predicted molar refractivity (Wildman–Crippen MR) is 323 cm³/mol. The fraction of sp³-hybridized carbons (Fsp3) is 0.205. The van der Waals surface area contributed by atoms with Crippen molar-refractivity contribution in [3.8, 4) is 28.0 Å². The largest absolute Gasteiger partial charge is 0.483 e. The summed E-state index contributed by atoms with van der Waals surface area (Å²) in [7, 11) is 0. The highest BCUT2D eigenvalue weighted by Gasteiger charge is 2.52. The summed E-state index contributed by atoms with van der Waals surface area (Å²) in [6.45, 7) is 22.7. The van der Waals surface area contributed by atoms with Crippen LogP contribution >= 0.6 is 0 Å². The van der Waals surface area contributed by atoms with E-state index in [0.717, 1.165) is 61.8 Å². The number of benzene rings is 9. The number of anilines is 5. The number of hydrogen-bond donors (Lipinski definition) is 0. The molecule has 10 aromatic rings. The molecule has 0 N–H and O–H groups in total. The molecule has 4 nitrogen and oxygen atoms in total. The van der Waals surface area contributed by atoms with E-state index in [-0.39, 0.29) is 12.0 Å². The van der Waals surface area contributed by atoms with Crippen LogP contribution in [0.2, 0.25) is 0 Å². The van der Waals surface area contributed by atoms with E-state index in [1.54, 1.807) is 0 Å². The molecule has 0 amide bonds. The normalized spacial score (nSPS) is 16.1. The van der Waals surface area contributed by atoms with Gasteiger partial charge in [-0.05, 0) is 174 Å². The van der Waals surface area contributed by atoms with Crippen LogP contribution in [0.3, 0.4) is 0 Å². The lowest BCUT2D eigenvalue weighted by atomic mass is 9.75. The van der Waals surface area contributed by atoms with Gasteiger partial charge in [0.25, 0.3) is 0 Å². The first-order valence-corrected chi connectivity index (χ1v) is 27.6. The van der Waals surface area contributed by atoms with Crippen LogP contribution in [0.15, 0.2) is 210 Å². The molecule has 0 fully saturated rings. The van der Waals surface area contributed by atoms with Crippen LogP contribution in [0.4, 0.5) is 28.4 Å². The Morgan fingerprint density at radius 1 is 0.519 bits per heavy atom. The van der Waals surface area contributed by atoms with Crippen molar-refractivity contribution in [3.05, 3.63) is 255 Å². The van der Waals surface area contributed by atoms with E-state index >= 15 is 0 Å². The van der Waals surface area contributed by atoms with Gasteiger partial charge in [0.1, 0.15) is 23.0 Å². The standard InChI is InChI=1S/C73H66N2O2/c1-43(2)49-29-35-53(36-30-49)74(55-33-23-47(7)59(39-55)51-25-19-45(5)20-26-51)63-41-62-70(72-67(63)57-15-11-13-17-65(57)77-72)69-61(73(62,9)10)42-64(71-68(69)58-16-12-14-18-66(58)76-71)75(54-37-31-50(32-38-54)44(3)4)56-34-24-48(8)60(40-56)52-27-21-46(6)22-28-52/h11-44,68,71H,1-10H3. The fourth-order valence-electron chi connectivity index (χ4n) is 12.7. The molecule has 9 aromatic carbocycles. The van der Waals surface area contributed by atoms with E-state index in [4.69, 9.17) is 9.15 Å². The molecule has 1 aromatic heterocycles. The molecule has 0 saturated heterocycles. The molecule has 2 atom stereocenters. The monoisotopic (exact) mass is 1000 g/mol. The van der Waals surface area contributed by atoms with Gasteiger partial charge in [-0.25, -0.2) is 0 Å². The first-order chi connectivity index (χ1) is 37.2. The van der Waals surface area contributed by atoms with E-state index in [9.17, 15) is 0 Å². The Kier molecular flexibility index (Phi) is 11.6. The Balaban J connectivity index is 1.08. The Labute approximate surface area is 454 Å². The number of allylic oxidation sites excluding steroid dienone is 2. The van der Waals surface area contributed by atoms with Gasteiger partial charge in [-0.15, -0.1) is 0 Å². The van der Waals surface area contributed by atoms with Crippen molar-refractivity contribution in [1.29, 1.82) is 0 Å². The zero-order chi connectivity index (χ0) is 53.0. The Morgan fingerprint density at radius 2 is 1.04 bits per heavy atom. The van der Waals surface area contributed by atoms with Gasteiger partial charge in [-0.1, -0.05) is 174 Å². The third-order valence-corrected chi connectivity index (χ3v) is 17.1. The minimum atomic E-state index is -0.471. The van der Waals surface area contributed by atoms with Crippen molar-refractivity contribution in [2.45, 2.75) is 98.5 Å². The molecular weight excluding hydrogens is 937 g/mol. The minimum absolute atomic E-state index is 0.128. The van der Waals surface area contributed by atoms with E-state index < -0.39 is 5.41 Å². The summed E-state index contributed by atoms with van der Waals surface area (Å²) in [6, 6.07) is 70.1. The Bertz CT molecular complexity index is 4020. The minimum Gasteiger partial charge on any atom is -0.483 e. The second-order valence-corrected chi connectivity index (χ2v) is 23.1. The predicted octanol–water partition coefficient (Wildman–Crippen LogP) is 20.2. The summed E-state index contributed by atoms with van der Waals surface area (Å²) in [4.78, 5) is 4.98. The molecule has 3 aliphatic rings. The van der Waals surface area contributed by atoms with E-state index in [1.807, 2.05) is 0 Å². The van der Waals surface area contributed by atoms with E-state index in [1.165, 1.54) is 83.5 Å². The Morgan fingerprint density at radius 3 is 1.62 bits per heavy atom. The number of ether oxygens (including phenoxy) is 1. The zero-order valence-corrected chi connectivity index (χ0v) is 46.0. The van der Waals surface area contributed by atoms with Crippen LogP contribution in [0.25, 0.3) is 49.8 Å². The van der Waals surface area contributed by atoms with Gasteiger partial charge in [0, 0.05) is 44.7 Å². The number of rotatable bonds is 10. The van der Waals surface area contributed by atoms with Crippen molar-refractivity contribution in [2.24, 2.45) is 0 Å². The van der Waals surface area contributed by atoms with Crippen molar-refractivity contribution in [3.63, 3.8) is 0 Å². The molecule has 0 radical (unpaired) electrons. The maximum atomic E-state index is 7.41. The summed E-state index contributed by atoms with van der Waals surface area (Å²) < 4.78 is 14.8. The molecule has 1 aliphatic heterocycles. The van der Waals surface area contributed by atoms with Gasteiger partial charge in [0.05, 0.1) is 22.7 Å². The summed E-state index contributed by atoms with van der Waals surface area (Å²) in [6.07, 6.45) is 2.15. The second kappa shape index (κ2) is 18.4. The third-order valence-electron chi connectivity index (χ3n) is 17.1. The summed E-state index contributed by atoms with van der Waals surface area (Å²) in [5.41, 5.74) is 26.5. The van der Waals surface area contributed by atoms with Crippen molar-refractivity contribution in [2.75, 3.05) is 9.80 Å². The van der Waals surface area contributed by atoms with Gasteiger partial charge in [0.2, 0.25) is 0 Å². The Hall–Kier alpha value is -8.34. The van der Waals surface area contributed by atoms with Crippen LogP contribution in [0, 0.1) is 27.7 Å². The lowest BCUT2D eigenvalue weighted by molar-refractivity contribution is 0.255. The molecule has 13 rings (SSSR count). The summed E-state index contributed by atoms with van der Waals surface area (Å²) in [5.74, 6) is 1.59. The number of aryl methyl sites for hydroxylation is 4. The SMILES string of the molecule is Cc1ccc(-c2cc(N(C3=CC4=C(c5c(cc(N(c6ccc(C(C)C)cc6)c6ccc(C)c(-c7ccc(C)cc7)c6)c6c5oc5ccccc56)C4(C)C)C4c5ccccc5OC34)c3ccc(C(C)C)cc3)ccc2C)cc1. The fourth-order valence-corrected chi connectivity index (χ4v) is 12.7. The summed E-state index contributed by atoms with van der Waals surface area (Å²) >= 11 is 0. The number of fused-ring (bicyclic) bond motifs is 10. The summed E-state index contributed by atoms with van der Waals surface area (Å²) in [5, 5.41) is 2.19. The smallest absolute Gasteiger partial charge is 0.150 e. The topological polar surface area (TPSA) is 28.9 Å². The van der Waals surface area contributed by atoms with Crippen molar-refractivity contribution in [1.82, 2.24) is 0 Å². The number of nitrogens with zero attached hydrogens (tertiary/aromatic N) is 2. The van der Waals surface area contributed by atoms with Crippen molar-refractivity contribution >= 4 is 55.9 Å². The lowest BCUT2D eigenvalue weighted by Gasteiger charge is -2.38. The highest BCUT2D eigenvalue weighted by atomic mass is 16.5. The quantitative estimate of drug-likeness (QED) is 0.137. The van der Waals surface area contributed by atoms with Gasteiger partial charge in [-0.2, -0.15) is 0 Å². The second-order valence-electron chi connectivity index (χ2n) is 23.1. The van der Waals surface area contributed by atoms with Gasteiger partial charge in [-0.3, -0.25) is 0 Å². The molecule has 0 bridgehead atoms. The van der Waals surface area contributed by atoms with Crippen LogP contribution in [0.1, 0.15) is 109 Å². The molecule has 77 heavy (non-hydrogen) atoms. The number of para-hydroxylation sites is 2. The molecule has 2 heterocycles. The van der Waals surface area contributed by atoms with Crippen LogP contribution in [-0.2, 0) is 5.41 Å². The number of furan rings is 1. The highest BCUT2D eigenvalue weighted by molar-refractivity contribution is 6.18. The first-order valence-electron chi connectivity index (χ1n) is 27.6. The van der Waals surface area contributed by atoms with Crippen LogP contribution in [-0.4, -0.2) is 6.10 Å². The average molecular weight is 1000 g/mol. The highest BCUT2D eigenvalue weighted by Crippen LogP contribution is 2.63. The van der Waals surface area contributed by atoms with Gasteiger partial charge in [0.15, 0.2) is 0 Å². The molecule has 2 aliphatic carbocycles. The molecule has 380 valence electrons. The van der Waals surface area contributed by atoms with Gasteiger partial charge < -0.3 is 19.0 Å². The maximum absolute atomic E-state index is 7.41. The molecule has 0 spiro atoms. The molecule has 0 saturated carbocycles. The van der Waals surface area contributed by atoms with E-state index in [2.05, 4.69) is 273 Å². The zero-order valence-electron chi connectivity index (χ0n) is 46.0. The maximum Gasteiger partial charge on any atom is 0.150 e. The molecule has 4 heteroatoms. The van der Waals surface area contributed by atoms with Crippen molar-refractivity contribution < 1.29 is 9.15 Å². The molecule has 2 unspecified atom stereocenters. The van der Waals surface area contributed by atoms with Crippen LogP contribution < -0.4 is 14.5 Å². The third kappa shape index (κ3) is 7.94. The number of hydrogen-bond acceptors (Lipinski definition) is 4. The lowest BCUT2D eigenvalue weighted by Crippen LogP contribution is -2.35. The average Bonchev–Trinajstić information content (AvgIpc) is 4.24. The molecular formula is C73H66N2O2. The van der Waals surface area contributed by atoms with Crippen LogP contribution in [0.5, 0.6) is 5.75 Å². The first kappa shape index (κ1) is 48.3. The van der Waals surface area contributed by atoms with Gasteiger partial charge >= 0.3 is 0 Å². The van der Waals surface area contributed by atoms with E-state index in [0.29, 0.717) is 11.8 Å².